The Morgan fingerprint density at radius 2 is 1.88 bits per heavy atom. The molecule has 0 amide bonds. The van der Waals surface area contributed by atoms with Crippen LogP contribution in [0.1, 0.15) is 28.4 Å². The Hall–Kier alpha value is -3.08. The molecule has 0 saturated heterocycles. The highest BCUT2D eigenvalue weighted by atomic mass is 16.5. The van der Waals surface area contributed by atoms with Gasteiger partial charge in [-0.15, -0.1) is 0 Å². The lowest BCUT2D eigenvalue weighted by atomic mass is 10.0. The van der Waals surface area contributed by atoms with Crippen molar-refractivity contribution in [3.63, 3.8) is 0 Å². The van der Waals surface area contributed by atoms with E-state index in [1.807, 2.05) is 26.0 Å². The van der Waals surface area contributed by atoms with Crippen LogP contribution < -0.4 is 5.32 Å². The average molecular weight is 336 g/mol. The Kier molecular flexibility index (Phi) is 4.57. The quantitative estimate of drug-likeness (QED) is 0.543. The number of fused-ring (bicyclic) bond motifs is 1. The standard InChI is InChI=1S/C20H20N2O3/c1-4-25-20(24)17-11-21-18-13(3)12(2)5-10-16(18)19(17)22-14-6-8-15(23)9-7-14/h5-11,23H,4H2,1-3H3,(H,21,22). The minimum absolute atomic E-state index is 0.183. The molecule has 1 heterocycles. The van der Waals surface area contributed by atoms with Gasteiger partial charge in [-0.05, 0) is 56.2 Å². The first-order valence-electron chi connectivity index (χ1n) is 8.13. The maximum atomic E-state index is 12.4. The number of aryl methyl sites for hydroxylation is 2. The van der Waals surface area contributed by atoms with Gasteiger partial charge in [0.15, 0.2) is 0 Å². The molecule has 1 aromatic heterocycles. The topological polar surface area (TPSA) is 71.5 Å². The monoisotopic (exact) mass is 336 g/mol. The van der Waals surface area contributed by atoms with Gasteiger partial charge in [0, 0.05) is 17.3 Å². The number of pyridine rings is 1. The first-order valence-corrected chi connectivity index (χ1v) is 8.13. The number of anilines is 2. The zero-order valence-corrected chi connectivity index (χ0v) is 14.5. The second-order valence-electron chi connectivity index (χ2n) is 5.84. The van der Waals surface area contributed by atoms with Crippen LogP contribution in [0.3, 0.4) is 0 Å². The Morgan fingerprint density at radius 1 is 1.16 bits per heavy atom. The van der Waals surface area contributed by atoms with E-state index in [4.69, 9.17) is 4.74 Å². The summed E-state index contributed by atoms with van der Waals surface area (Å²) in [6.07, 6.45) is 1.55. The number of benzene rings is 2. The summed E-state index contributed by atoms with van der Waals surface area (Å²) in [6, 6.07) is 10.6. The number of phenols is 1. The minimum Gasteiger partial charge on any atom is -0.508 e. The normalized spacial score (nSPS) is 10.7. The molecule has 0 aliphatic heterocycles. The molecule has 0 spiro atoms. The van der Waals surface area contributed by atoms with E-state index in [-0.39, 0.29) is 5.75 Å². The molecule has 0 aliphatic carbocycles. The highest BCUT2D eigenvalue weighted by molar-refractivity contribution is 6.06. The van der Waals surface area contributed by atoms with Gasteiger partial charge < -0.3 is 15.2 Å². The van der Waals surface area contributed by atoms with Gasteiger partial charge in [0.2, 0.25) is 0 Å². The molecular formula is C20H20N2O3. The maximum Gasteiger partial charge on any atom is 0.341 e. The van der Waals surface area contributed by atoms with E-state index in [0.29, 0.717) is 17.9 Å². The van der Waals surface area contributed by atoms with E-state index >= 15 is 0 Å². The number of nitrogens with zero attached hydrogens (tertiary/aromatic N) is 1. The second-order valence-corrected chi connectivity index (χ2v) is 5.84. The number of rotatable bonds is 4. The van der Waals surface area contributed by atoms with Crippen molar-refractivity contribution in [3.05, 3.63) is 59.3 Å². The molecule has 0 fully saturated rings. The summed E-state index contributed by atoms with van der Waals surface area (Å²) in [5.74, 6) is -0.237. The summed E-state index contributed by atoms with van der Waals surface area (Å²) in [6.45, 7) is 6.11. The predicted octanol–water partition coefficient (Wildman–Crippen LogP) is 4.48. The minimum atomic E-state index is -0.420. The number of aromatic hydroxyl groups is 1. The number of carbonyl (C=O) groups is 1. The Bertz CT molecular complexity index is 934. The molecule has 25 heavy (non-hydrogen) atoms. The van der Waals surface area contributed by atoms with E-state index in [9.17, 15) is 9.90 Å². The molecule has 0 unspecified atom stereocenters. The molecule has 128 valence electrons. The van der Waals surface area contributed by atoms with Crippen LogP contribution in [0.5, 0.6) is 5.75 Å². The van der Waals surface area contributed by atoms with E-state index < -0.39 is 5.97 Å². The van der Waals surface area contributed by atoms with Gasteiger partial charge in [0.25, 0.3) is 0 Å². The Morgan fingerprint density at radius 3 is 2.56 bits per heavy atom. The van der Waals surface area contributed by atoms with Gasteiger partial charge in [-0.1, -0.05) is 12.1 Å². The van der Waals surface area contributed by atoms with Crippen molar-refractivity contribution in [2.45, 2.75) is 20.8 Å². The number of aromatic nitrogens is 1. The van der Waals surface area contributed by atoms with Crippen molar-refractivity contribution in [2.24, 2.45) is 0 Å². The number of hydrogen-bond acceptors (Lipinski definition) is 5. The van der Waals surface area contributed by atoms with E-state index in [0.717, 1.165) is 27.7 Å². The lowest BCUT2D eigenvalue weighted by molar-refractivity contribution is 0.0527. The number of nitrogens with one attached hydrogen (secondary N) is 1. The maximum absolute atomic E-state index is 12.4. The zero-order chi connectivity index (χ0) is 18.0. The van der Waals surface area contributed by atoms with Gasteiger partial charge >= 0.3 is 5.97 Å². The third kappa shape index (κ3) is 3.26. The molecule has 2 aromatic carbocycles. The number of hydrogen-bond donors (Lipinski definition) is 2. The smallest absolute Gasteiger partial charge is 0.341 e. The number of esters is 1. The van der Waals surface area contributed by atoms with Crippen LogP contribution in [0.4, 0.5) is 11.4 Å². The molecular weight excluding hydrogens is 316 g/mol. The zero-order valence-electron chi connectivity index (χ0n) is 14.5. The fraction of sp³-hybridized carbons (Fsp3) is 0.200. The molecule has 0 aliphatic rings. The first-order chi connectivity index (χ1) is 12.0. The Balaban J connectivity index is 2.19. The van der Waals surface area contributed by atoms with Crippen LogP contribution >= 0.6 is 0 Å². The molecule has 0 saturated carbocycles. The van der Waals surface area contributed by atoms with Gasteiger partial charge in [-0.3, -0.25) is 4.98 Å². The first kappa shape index (κ1) is 16.8. The summed E-state index contributed by atoms with van der Waals surface area (Å²) in [4.78, 5) is 16.8. The molecule has 3 aromatic rings. The lowest BCUT2D eigenvalue weighted by Crippen LogP contribution is -2.09. The van der Waals surface area contributed by atoms with Gasteiger partial charge in [-0.2, -0.15) is 0 Å². The molecule has 5 nitrogen and oxygen atoms in total. The fourth-order valence-electron chi connectivity index (χ4n) is 2.70. The van der Waals surface area contributed by atoms with Gasteiger partial charge in [-0.25, -0.2) is 4.79 Å². The summed E-state index contributed by atoms with van der Waals surface area (Å²) >= 11 is 0. The molecule has 0 radical (unpaired) electrons. The number of phenolic OH excluding ortho intramolecular Hbond substituents is 1. The summed E-state index contributed by atoms with van der Waals surface area (Å²) in [5.41, 5.74) is 4.84. The van der Waals surface area contributed by atoms with Crippen molar-refractivity contribution in [1.82, 2.24) is 4.98 Å². The molecule has 3 rings (SSSR count). The summed E-state index contributed by atoms with van der Waals surface area (Å²) in [7, 11) is 0. The van der Waals surface area contributed by atoms with Gasteiger partial charge in [0.05, 0.1) is 17.8 Å². The van der Waals surface area contributed by atoms with Crippen LogP contribution in [0.2, 0.25) is 0 Å². The van der Waals surface area contributed by atoms with Crippen molar-refractivity contribution in [3.8, 4) is 5.75 Å². The molecule has 2 N–H and O–H groups in total. The van der Waals surface area contributed by atoms with Crippen LogP contribution in [0.15, 0.2) is 42.6 Å². The van der Waals surface area contributed by atoms with Crippen LogP contribution in [-0.2, 0) is 4.74 Å². The lowest BCUT2D eigenvalue weighted by Gasteiger charge is -2.16. The van der Waals surface area contributed by atoms with Crippen LogP contribution in [0.25, 0.3) is 10.9 Å². The van der Waals surface area contributed by atoms with E-state index in [2.05, 4.69) is 10.3 Å². The average Bonchev–Trinajstić information content (AvgIpc) is 2.60. The molecule has 0 atom stereocenters. The predicted molar refractivity (Wildman–Crippen MR) is 98.6 cm³/mol. The SMILES string of the molecule is CCOC(=O)c1cnc2c(C)c(C)ccc2c1Nc1ccc(O)cc1. The summed E-state index contributed by atoms with van der Waals surface area (Å²) in [5, 5.41) is 13.6. The van der Waals surface area contributed by atoms with Crippen molar-refractivity contribution in [2.75, 3.05) is 11.9 Å². The highest BCUT2D eigenvalue weighted by Crippen LogP contribution is 2.32. The largest absolute Gasteiger partial charge is 0.508 e. The molecule has 0 bridgehead atoms. The Labute approximate surface area is 146 Å². The van der Waals surface area contributed by atoms with E-state index in [1.54, 1.807) is 37.4 Å². The van der Waals surface area contributed by atoms with Gasteiger partial charge in [0.1, 0.15) is 11.3 Å². The van der Waals surface area contributed by atoms with Crippen molar-refractivity contribution in [1.29, 1.82) is 0 Å². The van der Waals surface area contributed by atoms with Crippen molar-refractivity contribution >= 4 is 28.2 Å². The highest BCUT2D eigenvalue weighted by Gasteiger charge is 2.18. The number of ether oxygens (including phenoxy) is 1. The van der Waals surface area contributed by atoms with Crippen molar-refractivity contribution < 1.29 is 14.6 Å². The second kappa shape index (κ2) is 6.81. The third-order valence-corrected chi connectivity index (χ3v) is 4.20. The van der Waals surface area contributed by atoms with Crippen LogP contribution in [0, 0.1) is 13.8 Å². The van der Waals surface area contributed by atoms with E-state index in [1.165, 1.54) is 0 Å². The van der Waals surface area contributed by atoms with Crippen LogP contribution in [-0.4, -0.2) is 22.7 Å². The third-order valence-electron chi connectivity index (χ3n) is 4.20. The molecule has 5 heteroatoms. The summed E-state index contributed by atoms with van der Waals surface area (Å²) < 4.78 is 5.17. The number of carbonyl (C=O) groups excluding carboxylic acids is 1. The fourth-order valence-corrected chi connectivity index (χ4v) is 2.70.